The number of rotatable bonds is 9. The summed E-state index contributed by atoms with van der Waals surface area (Å²) in [4.78, 5) is 8.59. The minimum absolute atomic E-state index is 0.101. The van der Waals surface area contributed by atoms with Gasteiger partial charge in [0.05, 0.1) is 19.3 Å². The Bertz CT molecular complexity index is 394. The minimum atomic E-state index is 0.101. The van der Waals surface area contributed by atoms with Crippen LogP contribution in [0, 0.1) is 6.92 Å². The zero-order valence-electron chi connectivity index (χ0n) is 12.0. The third kappa shape index (κ3) is 6.76. The van der Waals surface area contributed by atoms with Gasteiger partial charge in [-0.05, 0) is 27.2 Å². The number of anilines is 1. The standard InChI is InChI=1S/C14H23N3O2/c1-5-6-8-18-9-7-15-14-16-12(4)10-13(17-14)19-11(2)3/h5,10-11H,1,6-9H2,2-4H3,(H,15,16,17). The molecule has 0 fully saturated rings. The van der Waals surface area contributed by atoms with E-state index >= 15 is 0 Å². The highest BCUT2D eigenvalue weighted by Crippen LogP contribution is 2.13. The quantitative estimate of drug-likeness (QED) is 0.549. The van der Waals surface area contributed by atoms with Gasteiger partial charge in [-0.1, -0.05) is 6.08 Å². The second-order valence-corrected chi connectivity index (χ2v) is 4.45. The molecule has 0 unspecified atom stereocenters. The highest BCUT2D eigenvalue weighted by Gasteiger charge is 2.04. The first-order chi connectivity index (χ1) is 9.11. The molecule has 1 aromatic rings. The highest BCUT2D eigenvalue weighted by molar-refractivity contribution is 5.30. The van der Waals surface area contributed by atoms with Crippen molar-refractivity contribution in [3.63, 3.8) is 0 Å². The Morgan fingerprint density at radius 3 is 2.84 bits per heavy atom. The SMILES string of the molecule is C=CCCOCCNc1nc(C)cc(OC(C)C)n1. The maximum absolute atomic E-state index is 5.56. The van der Waals surface area contributed by atoms with Gasteiger partial charge in [0.15, 0.2) is 0 Å². The lowest BCUT2D eigenvalue weighted by Crippen LogP contribution is -2.14. The van der Waals surface area contributed by atoms with E-state index < -0.39 is 0 Å². The summed E-state index contributed by atoms with van der Waals surface area (Å²) >= 11 is 0. The minimum Gasteiger partial charge on any atom is -0.475 e. The molecule has 0 saturated carbocycles. The molecular weight excluding hydrogens is 242 g/mol. The fourth-order valence-electron chi connectivity index (χ4n) is 1.42. The molecule has 0 spiro atoms. The van der Waals surface area contributed by atoms with Crippen molar-refractivity contribution in [1.82, 2.24) is 9.97 Å². The third-order valence-electron chi connectivity index (χ3n) is 2.18. The van der Waals surface area contributed by atoms with Crippen molar-refractivity contribution in [2.75, 3.05) is 25.1 Å². The number of nitrogens with one attached hydrogen (secondary N) is 1. The Morgan fingerprint density at radius 2 is 2.16 bits per heavy atom. The molecule has 19 heavy (non-hydrogen) atoms. The van der Waals surface area contributed by atoms with Crippen LogP contribution < -0.4 is 10.1 Å². The van der Waals surface area contributed by atoms with Crippen LogP contribution in [0.3, 0.4) is 0 Å². The molecule has 5 heteroatoms. The molecule has 1 heterocycles. The van der Waals surface area contributed by atoms with Crippen molar-refractivity contribution in [3.05, 3.63) is 24.4 Å². The molecule has 1 aromatic heterocycles. The van der Waals surface area contributed by atoms with Crippen molar-refractivity contribution >= 4 is 5.95 Å². The van der Waals surface area contributed by atoms with Crippen LogP contribution in [-0.2, 0) is 4.74 Å². The first kappa shape index (κ1) is 15.4. The van der Waals surface area contributed by atoms with Gasteiger partial charge in [0.25, 0.3) is 0 Å². The molecule has 0 amide bonds. The molecular formula is C14H23N3O2. The molecule has 106 valence electrons. The van der Waals surface area contributed by atoms with Crippen molar-refractivity contribution in [2.24, 2.45) is 0 Å². The van der Waals surface area contributed by atoms with Crippen LogP contribution in [0.4, 0.5) is 5.95 Å². The Kier molecular flexibility index (Phi) is 6.89. The van der Waals surface area contributed by atoms with Crippen LogP contribution in [0.2, 0.25) is 0 Å². The second kappa shape index (κ2) is 8.48. The fraction of sp³-hybridized carbons (Fsp3) is 0.571. The number of ether oxygens (including phenoxy) is 2. The van der Waals surface area contributed by atoms with Gasteiger partial charge in [0.1, 0.15) is 0 Å². The van der Waals surface area contributed by atoms with Crippen molar-refractivity contribution in [3.8, 4) is 5.88 Å². The Hall–Kier alpha value is -1.62. The first-order valence-electron chi connectivity index (χ1n) is 6.56. The summed E-state index contributed by atoms with van der Waals surface area (Å²) in [7, 11) is 0. The average Bonchev–Trinajstić information content (AvgIpc) is 2.32. The largest absolute Gasteiger partial charge is 0.475 e. The molecule has 0 aromatic carbocycles. The summed E-state index contributed by atoms with van der Waals surface area (Å²) in [6, 6.07) is 1.83. The smallest absolute Gasteiger partial charge is 0.226 e. The molecule has 1 rings (SSSR count). The van der Waals surface area contributed by atoms with Gasteiger partial charge in [-0.2, -0.15) is 4.98 Å². The molecule has 0 aliphatic heterocycles. The van der Waals surface area contributed by atoms with E-state index in [1.54, 1.807) is 0 Å². The Labute approximate surface area is 115 Å². The molecule has 0 atom stereocenters. The summed E-state index contributed by atoms with van der Waals surface area (Å²) in [5.74, 6) is 1.17. The molecule has 0 aliphatic rings. The van der Waals surface area contributed by atoms with Crippen LogP contribution in [0.15, 0.2) is 18.7 Å². The first-order valence-corrected chi connectivity index (χ1v) is 6.56. The van der Waals surface area contributed by atoms with E-state index in [1.807, 2.05) is 32.9 Å². The van der Waals surface area contributed by atoms with Gasteiger partial charge >= 0.3 is 0 Å². The number of nitrogens with zero attached hydrogens (tertiary/aromatic N) is 2. The predicted molar refractivity (Wildman–Crippen MR) is 76.7 cm³/mol. The van der Waals surface area contributed by atoms with Gasteiger partial charge in [0, 0.05) is 18.3 Å². The van der Waals surface area contributed by atoms with Gasteiger partial charge in [-0.3, -0.25) is 0 Å². The Balaban J connectivity index is 2.40. The van der Waals surface area contributed by atoms with Crippen LogP contribution >= 0.6 is 0 Å². The van der Waals surface area contributed by atoms with Gasteiger partial charge in [-0.15, -0.1) is 6.58 Å². The third-order valence-corrected chi connectivity index (χ3v) is 2.18. The summed E-state index contributed by atoms with van der Waals surface area (Å²) in [6.45, 7) is 11.5. The number of hydrogen-bond donors (Lipinski definition) is 1. The van der Waals surface area contributed by atoms with Crippen molar-refractivity contribution < 1.29 is 9.47 Å². The molecule has 0 aliphatic carbocycles. The molecule has 1 N–H and O–H groups in total. The Morgan fingerprint density at radius 1 is 1.37 bits per heavy atom. The van der Waals surface area contributed by atoms with E-state index in [-0.39, 0.29) is 6.10 Å². The van der Waals surface area contributed by atoms with E-state index in [0.717, 1.165) is 12.1 Å². The van der Waals surface area contributed by atoms with E-state index in [2.05, 4.69) is 21.9 Å². The summed E-state index contributed by atoms with van der Waals surface area (Å²) in [5.41, 5.74) is 0.876. The zero-order valence-corrected chi connectivity index (χ0v) is 12.0. The number of hydrogen-bond acceptors (Lipinski definition) is 5. The van der Waals surface area contributed by atoms with E-state index in [4.69, 9.17) is 9.47 Å². The fourth-order valence-corrected chi connectivity index (χ4v) is 1.42. The van der Waals surface area contributed by atoms with Crippen LogP contribution in [0.1, 0.15) is 26.0 Å². The highest BCUT2D eigenvalue weighted by atomic mass is 16.5. The van der Waals surface area contributed by atoms with Gasteiger partial charge in [-0.25, -0.2) is 4.98 Å². The van der Waals surface area contributed by atoms with Gasteiger partial charge in [0.2, 0.25) is 11.8 Å². The maximum Gasteiger partial charge on any atom is 0.226 e. The van der Waals surface area contributed by atoms with Crippen molar-refractivity contribution in [1.29, 1.82) is 0 Å². The number of aryl methyl sites for hydroxylation is 1. The van der Waals surface area contributed by atoms with Crippen LogP contribution in [0.5, 0.6) is 5.88 Å². The van der Waals surface area contributed by atoms with Crippen molar-refractivity contribution in [2.45, 2.75) is 33.3 Å². The number of aromatic nitrogens is 2. The lowest BCUT2D eigenvalue weighted by atomic mass is 10.4. The monoisotopic (exact) mass is 265 g/mol. The second-order valence-electron chi connectivity index (χ2n) is 4.45. The lowest BCUT2D eigenvalue weighted by molar-refractivity contribution is 0.148. The van der Waals surface area contributed by atoms with Crippen LogP contribution in [0.25, 0.3) is 0 Å². The predicted octanol–water partition coefficient (Wildman–Crippen LogP) is 2.58. The molecule has 0 radical (unpaired) electrons. The molecule has 5 nitrogen and oxygen atoms in total. The van der Waals surface area contributed by atoms with Crippen LogP contribution in [-0.4, -0.2) is 35.8 Å². The molecule has 0 saturated heterocycles. The van der Waals surface area contributed by atoms with E-state index in [9.17, 15) is 0 Å². The van der Waals surface area contributed by atoms with E-state index in [1.165, 1.54) is 0 Å². The summed E-state index contributed by atoms with van der Waals surface area (Å²) in [5, 5.41) is 3.12. The normalized spacial score (nSPS) is 10.5. The van der Waals surface area contributed by atoms with Gasteiger partial charge < -0.3 is 14.8 Å². The summed E-state index contributed by atoms with van der Waals surface area (Å²) < 4.78 is 11.0. The zero-order chi connectivity index (χ0) is 14.1. The average molecular weight is 265 g/mol. The topological polar surface area (TPSA) is 56.3 Å². The molecule has 0 bridgehead atoms. The van der Waals surface area contributed by atoms with E-state index in [0.29, 0.717) is 31.6 Å². The lowest BCUT2D eigenvalue weighted by Gasteiger charge is -2.11. The maximum atomic E-state index is 5.56. The summed E-state index contributed by atoms with van der Waals surface area (Å²) in [6.07, 6.45) is 2.81.